The summed E-state index contributed by atoms with van der Waals surface area (Å²) in [5.74, 6) is 2.78. The zero-order valence-corrected chi connectivity index (χ0v) is 16.3. The van der Waals surface area contributed by atoms with Crippen molar-refractivity contribution in [1.82, 2.24) is 4.90 Å². The highest BCUT2D eigenvalue weighted by molar-refractivity contribution is 5.71. The maximum atomic E-state index is 12.8. The summed E-state index contributed by atoms with van der Waals surface area (Å²) in [4.78, 5) is 14.2. The highest BCUT2D eigenvalue weighted by Crippen LogP contribution is 2.26. The van der Waals surface area contributed by atoms with Crippen molar-refractivity contribution < 1.29 is 14.6 Å². The van der Waals surface area contributed by atoms with Crippen LogP contribution < -0.4 is 0 Å². The van der Waals surface area contributed by atoms with Gasteiger partial charge in [0, 0.05) is 6.04 Å². The lowest BCUT2D eigenvalue weighted by molar-refractivity contribution is 0.0283. The van der Waals surface area contributed by atoms with Crippen molar-refractivity contribution in [2.24, 2.45) is 0 Å². The number of amides is 1. The molecule has 2 aromatic rings. The number of hydrogen-bond acceptors (Lipinski definition) is 3. The number of carbonyl (C=O) groups excluding carboxylic acids is 1. The molecule has 0 spiro atoms. The minimum Gasteiger partial charge on any atom is -0.443 e. The van der Waals surface area contributed by atoms with Gasteiger partial charge in [-0.2, -0.15) is 0 Å². The van der Waals surface area contributed by atoms with Crippen molar-refractivity contribution >= 4 is 6.09 Å². The van der Waals surface area contributed by atoms with Gasteiger partial charge in [-0.15, -0.1) is 0 Å². The molecule has 0 aromatic heterocycles. The van der Waals surface area contributed by atoms with Crippen LogP contribution in [0.4, 0.5) is 4.79 Å². The third-order valence-electron chi connectivity index (χ3n) is 3.91. The van der Waals surface area contributed by atoms with Crippen LogP contribution in [0.15, 0.2) is 60.7 Å². The van der Waals surface area contributed by atoms with E-state index in [-0.39, 0.29) is 6.04 Å². The topological polar surface area (TPSA) is 49.8 Å². The minimum atomic E-state index is -0.982. The molecule has 2 unspecified atom stereocenters. The average molecular weight is 365 g/mol. The third kappa shape index (κ3) is 6.16. The second-order valence-corrected chi connectivity index (χ2v) is 7.25. The Kier molecular flexibility index (Phi) is 7.04. The molecule has 4 nitrogen and oxygen atoms in total. The lowest BCUT2D eigenvalue weighted by Gasteiger charge is -2.29. The van der Waals surface area contributed by atoms with Crippen LogP contribution in [-0.4, -0.2) is 21.7 Å². The van der Waals surface area contributed by atoms with Gasteiger partial charge in [-0.25, -0.2) is 9.69 Å². The van der Waals surface area contributed by atoms with E-state index < -0.39 is 17.8 Å². The highest BCUT2D eigenvalue weighted by Gasteiger charge is 2.27. The molecule has 0 aliphatic carbocycles. The molecule has 4 heteroatoms. The van der Waals surface area contributed by atoms with Gasteiger partial charge in [0.05, 0.1) is 6.04 Å². The Morgan fingerprint density at radius 1 is 1.04 bits per heavy atom. The molecule has 0 heterocycles. The van der Waals surface area contributed by atoms with E-state index in [1.807, 2.05) is 76.2 Å². The molecular weight excluding hydrogens is 338 g/mol. The van der Waals surface area contributed by atoms with Crippen molar-refractivity contribution in [3.63, 3.8) is 0 Å². The maximum Gasteiger partial charge on any atom is 0.422 e. The molecule has 0 saturated heterocycles. The highest BCUT2D eigenvalue weighted by atomic mass is 16.6. The first-order valence-electron chi connectivity index (χ1n) is 9.13. The molecule has 27 heavy (non-hydrogen) atoms. The fraction of sp³-hybridized carbons (Fsp3) is 0.348. The van der Waals surface area contributed by atoms with Gasteiger partial charge in [-0.05, 0) is 44.2 Å². The van der Waals surface area contributed by atoms with E-state index in [1.165, 1.54) is 4.90 Å². The van der Waals surface area contributed by atoms with E-state index in [2.05, 4.69) is 12.0 Å². The number of aliphatic hydroxyl groups is 1. The van der Waals surface area contributed by atoms with Crippen molar-refractivity contribution in [1.29, 1.82) is 0 Å². The zero-order chi connectivity index (χ0) is 19.9. The minimum absolute atomic E-state index is 0.267. The lowest BCUT2D eigenvalue weighted by Crippen LogP contribution is -2.36. The first kappa shape index (κ1) is 20.5. The number of nitrogens with zero attached hydrogens (tertiary/aromatic N) is 1. The second kappa shape index (κ2) is 9.25. The molecule has 2 atom stereocenters. The van der Waals surface area contributed by atoms with E-state index >= 15 is 0 Å². The first-order valence-corrected chi connectivity index (χ1v) is 9.13. The summed E-state index contributed by atoms with van der Waals surface area (Å²) in [6.07, 6.45) is -0.838. The number of ether oxygens (including phenoxy) is 1. The third-order valence-corrected chi connectivity index (χ3v) is 3.91. The number of carbonyl (C=O) groups is 1. The molecule has 1 N–H and O–H groups in total. The average Bonchev–Trinajstić information content (AvgIpc) is 2.64. The largest absolute Gasteiger partial charge is 0.443 e. The Morgan fingerprint density at radius 2 is 1.56 bits per heavy atom. The smallest absolute Gasteiger partial charge is 0.422 e. The van der Waals surface area contributed by atoms with Gasteiger partial charge in [0.1, 0.15) is 11.7 Å². The van der Waals surface area contributed by atoms with Crippen LogP contribution in [0.25, 0.3) is 0 Å². The molecule has 0 aliphatic rings. The summed E-state index contributed by atoms with van der Waals surface area (Å²) in [6, 6.07) is 21.4. The number of aliphatic hydroxyl groups excluding tert-OH is 1. The maximum absolute atomic E-state index is 12.8. The van der Waals surface area contributed by atoms with Crippen molar-refractivity contribution in [3.05, 3.63) is 71.8 Å². The van der Waals surface area contributed by atoms with Gasteiger partial charge in [0.2, 0.25) is 0 Å². The van der Waals surface area contributed by atoms with Gasteiger partial charge in [-0.3, -0.25) is 0 Å². The van der Waals surface area contributed by atoms with Crippen LogP contribution in [0.1, 0.15) is 57.4 Å². The lowest BCUT2D eigenvalue weighted by atomic mass is 10.0. The Balaban J connectivity index is 2.35. The van der Waals surface area contributed by atoms with Crippen molar-refractivity contribution in [3.8, 4) is 12.0 Å². The summed E-state index contributed by atoms with van der Waals surface area (Å²) in [5, 5.41) is 10.4. The fourth-order valence-electron chi connectivity index (χ4n) is 2.65. The van der Waals surface area contributed by atoms with E-state index in [0.29, 0.717) is 12.0 Å². The normalized spacial score (nSPS) is 13.1. The van der Waals surface area contributed by atoms with Crippen molar-refractivity contribution in [2.75, 3.05) is 0 Å². The second-order valence-electron chi connectivity index (χ2n) is 7.25. The predicted octanol–water partition coefficient (Wildman–Crippen LogP) is 5.07. The standard InChI is InChI=1S/C23H27NO3/c1-5-20(18-12-8-6-9-13-18)24(22(26)27-23(2,3)4)17-16-21(25)19-14-10-7-11-15-19/h6-15,20-21,25H,5H2,1-4H3. The van der Waals surface area contributed by atoms with E-state index in [0.717, 1.165) is 5.56 Å². The molecule has 0 radical (unpaired) electrons. The SMILES string of the molecule is CCC(c1ccccc1)N(C#CC(O)c1ccccc1)C(=O)OC(C)(C)C. The van der Waals surface area contributed by atoms with Crippen LogP contribution in [0.2, 0.25) is 0 Å². The Bertz CT molecular complexity index is 785. The van der Waals surface area contributed by atoms with Crippen molar-refractivity contribution in [2.45, 2.75) is 51.9 Å². The summed E-state index contributed by atoms with van der Waals surface area (Å²) >= 11 is 0. The molecule has 0 fully saturated rings. The molecule has 2 aromatic carbocycles. The molecule has 1 amide bonds. The number of rotatable bonds is 4. The molecular formula is C23H27NO3. The fourth-order valence-corrected chi connectivity index (χ4v) is 2.65. The van der Waals surface area contributed by atoms with Crippen LogP contribution in [0.3, 0.4) is 0 Å². The predicted molar refractivity (Wildman–Crippen MR) is 107 cm³/mol. The zero-order valence-electron chi connectivity index (χ0n) is 16.3. The van der Waals surface area contributed by atoms with Crippen LogP contribution >= 0.6 is 0 Å². The van der Waals surface area contributed by atoms with E-state index in [4.69, 9.17) is 4.74 Å². The molecule has 2 rings (SSSR count). The van der Waals surface area contributed by atoms with E-state index in [9.17, 15) is 9.90 Å². The summed E-state index contributed by atoms with van der Waals surface area (Å²) in [6.45, 7) is 7.45. The monoisotopic (exact) mass is 365 g/mol. The quantitative estimate of drug-likeness (QED) is 0.608. The number of hydrogen-bond donors (Lipinski definition) is 1. The Hall–Kier alpha value is -2.77. The number of benzene rings is 2. The Labute approximate surface area is 161 Å². The summed E-state index contributed by atoms with van der Waals surface area (Å²) in [5.41, 5.74) is 1.01. The molecule has 0 saturated carbocycles. The summed E-state index contributed by atoms with van der Waals surface area (Å²) < 4.78 is 5.55. The van der Waals surface area contributed by atoms with Crippen LogP contribution in [0.5, 0.6) is 0 Å². The van der Waals surface area contributed by atoms with Gasteiger partial charge in [0.15, 0.2) is 0 Å². The van der Waals surface area contributed by atoms with Gasteiger partial charge in [0.25, 0.3) is 0 Å². The molecule has 0 aliphatic heterocycles. The molecule has 0 bridgehead atoms. The van der Waals surface area contributed by atoms with Crippen LogP contribution in [0, 0.1) is 12.0 Å². The van der Waals surface area contributed by atoms with Gasteiger partial charge in [-0.1, -0.05) is 67.6 Å². The first-order chi connectivity index (χ1) is 12.8. The summed E-state index contributed by atoms with van der Waals surface area (Å²) in [7, 11) is 0. The van der Waals surface area contributed by atoms with Gasteiger partial charge >= 0.3 is 6.09 Å². The van der Waals surface area contributed by atoms with Crippen LogP contribution in [-0.2, 0) is 4.74 Å². The Morgan fingerprint density at radius 3 is 2.04 bits per heavy atom. The van der Waals surface area contributed by atoms with Gasteiger partial charge < -0.3 is 9.84 Å². The van der Waals surface area contributed by atoms with E-state index in [1.54, 1.807) is 12.1 Å². The molecule has 142 valence electrons.